The largest absolute Gasteiger partial charge is 0.461 e. The van der Waals surface area contributed by atoms with Crippen molar-refractivity contribution in [3.63, 3.8) is 0 Å². The third kappa shape index (κ3) is 10.0. The first kappa shape index (κ1) is 16.1. The number of nitrogens with two attached hydrogens (primary N) is 1. The molecule has 0 spiro atoms. The molecule has 0 aromatic rings. The zero-order valence-corrected chi connectivity index (χ0v) is 11.4. The summed E-state index contributed by atoms with van der Waals surface area (Å²) in [5, 5.41) is 0. The molecule has 0 radical (unpaired) electrons. The van der Waals surface area contributed by atoms with Crippen LogP contribution in [0, 0.1) is 0 Å². The van der Waals surface area contributed by atoms with E-state index in [4.69, 9.17) is 15.2 Å². The predicted octanol–water partition coefficient (Wildman–Crippen LogP) is 2.03. The van der Waals surface area contributed by atoms with Crippen LogP contribution in [0.15, 0.2) is 12.7 Å². The summed E-state index contributed by atoms with van der Waals surface area (Å²) >= 11 is 0. The van der Waals surface area contributed by atoms with E-state index >= 15 is 0 Å². The van der Waals surface area contributed by atoms with Gasteiger partial charge in [0.2, 0.25) is 0 Å². The summed E-state index contributed by atoms with van der Waals surface area (Å²) < 4.78 is 10.6. The van der Waals surface area contributed by atoms with Crippen molar-refractivity contribution in [3.8, 4) is 0 Å². The third-order valence-electron chi connectivity index (χ3n) is 2.17. The molecule has 0 aromatic carbocycles. The normalized spacial score (nSPS) is 12.3. The van der Waals surface area contributed by atoms with Gasteiger partial charge in [0.15, 0.2) is 0 Å². The van der Waals surface area contributed by atoms with Crippen molar-refractivity contribution in [1.29, 1.82) is 0 Å². The minimum Gasteiger partial charge on any atom is -0.461 e. The van der Waals surface area contributed by atoms with Gasteiger partial charge in [0.25, 0.3) is 0 Å². The lowest BCUT2D eigenvalue weighted by Gasteiger charge is -2.26. The Morgan fingerprint density at radius 2 is 1.94 bits per heavy atom. The maximum Gasteiger partial charge on any atom is 0.309 e. The quantitative estimate of drug-likeness (QED) is 0.523. The standard InChI is InChI=1S/C13H25NO3/c1-6-8-16-11(15)10-13(4,5)17-9-7-12(2,3)14/h6H,1,7-10,14H2,2-5H3. The topological polar surface area (TPSA) is 61.5 Å². The molecule has 0 saturated carbocycles. The predicted molar refractivity (Wildman–Crippen MR) is 68.7 cm³/mol. The Morgan fingerprint density at radius 3 is 2.41 bits per heavy atom. The number of rotatable bonds is 8. The fraction of sp³-hybridized carbons (Fsp3) is 0.769. The Balaban J connectivity index is 3.94. The highest BCUT2D eigenvalue weighted by atomic mass is 16.5. The van der Waals surface area contributed by atoms with Gasteiger partial charge < -0.3 is 15.2 Å². The zero-order chi connectivity index (χ0) is 13.5. The second-order valence-corrected chi connectivity index (χ2v) is 5.50. The van der Waals surface area contributed by atoms with Crippen molar-refractivity contribution >= 4 is 5.97 Å². The zero-order valence-electron chi connectivity index (χ0n) is 11.4. The number of hydrogen-bond donors (Lipinski definition) is 1. The molecule has 4 nitrogen and oxygen atoms in total. The number of hydrogen-bond acceptors (Lipinski definition) is 4. The van der Waals surface area contributed by atoms with Crippen LogP contribution < -0.4 is 5.73 Å². The van der Waals surface area contributed by atoms with E-state index in [-0.39, 0.29) is 24.5 Å². The Kier molecular flexibility index (Phi) is 6.42. The van der Waals surface area contributed by atoms with Gasteiger partial charge >= 0.3 is 5.97 Å². The van der Waals surface area contributed by atoms with E-state index in [0.29, 0.717) is 6.61 Å². The smallest absolute Gasteiger partial charge is 0.309 e. The summed E-state index contributed by atoms with van der Waals surface area (Å²) in [6.07, 6.45) is 2.52. The molecule has 0 fully saturated rings. The molecule has 0 heterocycles. The molecular weight excluding hydrogens is 218 g/mol. The second-order valence-electron chi connectivity index (χ2n) is 5.50. The molecule has 0 aliphatic carbocycles. The van der Waals surface area contributed by atoms with Gasteiger partial charge in [-0.25, -0.2) is 0 Å². The fourth-order valence-electron chi connectivity index (χ4n) is 1.19. The van der Waals surface area contributed by atoms with E-state index in [1.807, 2.05) is 27.7 Å². The van der Waals surface area contributed by atoms with E-state index in [0.717, 1.165) is 6.42 Å². The van der Waals surface area contributed by atoms with Crippen LogP contribution in [0.4, 0.5) is 0 Å². The molecule has 4 heteroatoms. The first-order chi connectivity index (χ1) is 7.66. The summed E-state index contributed by atoms with van der Waals surface area (Å²) in [6.45, 7) is 11.9. The molecule has 0 aromatic heterocycles. The average Bonchev–Trinajstić information content (AvgIpc) is 2.11. The van der Waals surface area contributed by atoms with Gasteiger partial charge in [-0.1, -0.05) is 12.7 Å². The first-order valence-electron chi connectivity index (χ1n) is 5.86. The van der Waals surface area contributed by atoms with Gasteiger partial charge in [0.1, 0.15) is 6.61 Å². The summed E-state index contributed by atoms with van der Waals surface area (Å²) in [5.74, 6) is -0.276. The maximum absolute atomic E-state index is 11.4. The molecule has 0 saturated heterocycles. The monoisotopic (exact) mass is 243 g/mol. The lowest BCUT2D eigenvalue weighted by atomic mass is 10.0. The Labute approximate surface area is 104 Å². The molecular formula is C13H25NO3. The van der Waals surface area contributed by atoms with Crippen LogP contribution in [0.3, 0.4) is 0 Å². The lowest BCUT2D eigenvalue weighted by molar-refractivity contribution is -0.149. The summed E-state index contributed by atoms with van der Waals surface area (Å²) in [7, 11) is 0. The SMILES string of the molecule is C=CCOC(=O)CC(C)(C)OCCC(C)(C)N. The van der Waals surface area contributed by atoms with Crippen molar-refractivity contribution in [2.45, 2.75) is 51.7 Å². The second kappa shape index (κ2) is 6.77. The lowest BCUT2D eigenvalue weighted by Crippen LogP contribution is -2.36. The number of ether oxygens (including phenoxy) is 2. The minimum absolute atomic E-state index is 0.228. The van der Waals surface area contributed by atoms with Gasteiger partial charge in [-0.15, -0.1) is 0 Å². The van der Waals surface area contributed by atoms with Crippen LogP contribution in [0.25, 0.3) is 0 Å². The Morgan fingerprint density at radius 1 is 1.35 bits per heavy atom. The van der Waals surface area contributed by atoms with Crippen molar-refractivity contribution in [2.24, 2.45) is 5.73 Å². The van der Waals surface area contributed by atoms with E-state index in [1.165, 1.54) is 0 Å². The summed E-state index contributed by atoms with van der Waals surface area (Å²) in [4.78, 5) is 11.4. The Bertz CT molecular complexity index is 254. The van der Waals surface area contributed by atoms with Gasteiger partial charge in [-0.05, 0) is 34.1 Å². The molecule has 0 unspecified atom stereocenters. The van der Waals surface area contributed by atoms with E-state index in [2.05, 4.69) is 6.58 Å². The van der Waals surface area contributed by atoms with Crippen molar-refractivity contribution in [2.75, 3.05) is 13.2 Å². The van der Waals surface area contributed by atoms with Crippen LogP contribution in [-0.4, -0.2) is 30.3 Å². The fourth-order valence-corrected chi connectivity index (χ4v) is 1.19. The minimum atomic E-state index is -0.524. The van der Waals surface area contributed by atoms with E-state index in [9.17, 15) is 4.79 Å². The molecule has 17 heavy (non-hydrogen) atoms. The van der Waals surface area contributed by atoms with Crippen molar-refractivity contribution in [3.05, 3.63) is 12.7 Å². The Hall–Kier alpha value is -0.870. The van der Waals surface area contributed by atoms with Crippen LogP contribution in [-0.2, 0) is 14.3 Å². The molecule has 100 valence electrons. The molecule has 0 rings (SSSR count). The average molecular weight is 243 g/mol. The first-order valence-corrected chi connectivity index (χ1v) is 5.86. The summed E-state index contributed by atoms with van der Waals surface area (Å²) in [6, 6.07) is 0. The number of carbonyl (C=O) groups is 1. The van der Waals surface area contributed by atoms with Gasteiger partial charge in [-0.3, -0.25) is 4.79 Å². The maximum atomic E-state index is 11.4. The van der Waals surface area contributed by atoms with Gasteiger partial charge in [0, 0.05) is 12.1 Å². The summed E-state index contributed by atoms with van der Waals surface area (Å²) in [5.41, 5.74) is 5.07. The molecule has 0 amide bonds. The molecule has 0 aliphatic heterocycles. The van der Waals surface area contributed by atoms with Crippen LogP contribution in [0.2, 0.25) is 0 Å². The van der Waals surface area contributed by atoms with Gasteiger partial charge in [-0.2, -0.15) is 0 Å². The van der Waals surface area contributed by atoms with Gasteiger partial charge in [0.05, 0.1) is 12.0 Å². The van der Waals surface area contributed by atoms with Crippen molar-refractivity contribution < 1.29 is 14.3 Å². The van der Waals surface area contributed by atoms with Crippen LogP contribution in [0.1, 0.15) is 40.5 Å². The van der Waals surface area contributed by atoms with E-state index < -0.39 is 5.60 Å². The molecule has 0 bridgehead atoms. The third-order valence-corrected chi connectivity index (χ3v) is 2.17. The number of esters is 1. The highest BCUT2D eigenvalue weighted by Gasteiger charge is 2.24. The molecule has 0 atom stereocenters. The molecule has 2 N–H and O–H groups in total. The van der Waals surface area contributed by atoms with Crippen molar-refractivity contribution in [1.82, 2.24) is 0 Å². The van der Waals surface area contributed by atoms with E-state index in [1.54, 1.807) is 6.08 Å². The highest BCUT2D eigenvalue weighted by Crippen LogP contribution is 2.17. The molecule has 0 aliphatic rings. The van der Waals surface area contributed by atoms with Crippen LogP contribution in [0.5, 0.6) is 0 Å². The van der Waals surface area contributed by atoms with Crippen LogP contribution >= 0.6 is 0 Å². The number of carbonyl (C=O) groups excluding carboxylic acids is 1. The highest BCUT2D eigenvalue weighted by molar-refractivity contribution is 5.70.